The zero-order valence-electron chi connectivity index (χ0n) is 14.5. The molecule has 1 aliphatic carbocycles. The molecule has 0 spiro atoms. The summed E-state index contributed by atoms with van der Waals surface area (Å²) in [7, 11) is 1.95. The average Bonchev–Trinajstić information content (AvgIpc) is 3.34. The Labute approximate surface area is 147 Å². The molecule has 1 saturated heterocycles. The number of nitrogens with zero attached hydrogens (tertiary/aromatic N) is 6. The Hall–Kier alpha value is -2.22. The summed E-state index contributed by atoms with van der Waals surface area (Å²) in [5.41, 5.74) is 0. The van der Waals surface area contributed by atoms with Crippen LogP contribution in [0.4, 0.5) is 11.6 Å². The highest BCUT2D eigenvalue weighted by Crippen LogP contribution is 2.37. The summed E-state index contributed by atoms with van der Waals surface area (Å²) in [6.07, 6.45) is 7.10. The average molecular weight is 343 g/mol. The molecule has 2 aromatic heterocycles. The van der Waals surface area contributed by atoms with Crippen LogP contribution in [0.25, 0.3) is 0 Å². The van der Waals surface area contributed by atoms with Crippen molar-refractivity contribution in [1.29, 1.82) is 0 Å². The van der Waals surface area contributed by atoms with Gasteiger partial charge in [0.05, 0.1) is 6.10 Å². The van der Waals surface area contributed by atoms with Crippen molar-refractivity contribution in [3.05, 3.63) is 24.5 Å². The van der Waals surface area contributed by atoms with Gasteiger partial charge in [-0.1, -0.05) is 0 Å². The molecule has 2 aromatic rings. The molecule has 25 heavy (non-hydrogen) atoms. The van der Waals surface area contributed by atoms with Gasteiger partial charge in [-0.25, -0.2) is 9.97 Å². The van der Waals surface area contributed by atoms with Crippen LogP contribution >= 0.6 is 0 Å². The predicted molar refractivity (Wildman–Crippen MR) is 94.4 cm³/mol. The lowest BCUT2D eigenvalue weighted by atomic mass is 10.0. The molecule has 4 rings (SSSR count). The Kier molecular flexibility index (Phi) is 4.52. The van der Waals surface area contributed by atoms with Crippen LogP contribution in [0.5, 0.6) is 0 Å². The molecular formula is C17H25N7O. The van der Waals surface area contributed by atoms with E-state index in [1.165, 1.54) is 12.8 Å². The fourth-order valence-electron chi connectivity index (χ4n) is 3.99. The highest BCUT2D eigenvalue weighted by molar-refractivity contribution is 5.48. The van der Waals surface area contributed by atoms with Gasteiger partial charge in [0, 0.05) is 44.6 Å². The Morgan fingerprint density at radius 1 is 1.24 bits per heavy atom. The van der Waals surface area contributed by atoms with E-state index in [1.54, 1.807) is 12.7 Å². The maximum absolute atomic E-state index is 10.4. The lowest BCUT2D eigenvalue weighted by molar-refractivity contribution is 0.137. The molecule has 2 N–H and O–H groups in total. The summed E-state index contributed by atoms with van der Waals surface area (Å²) in [6, 6.07) is 2.01. The lowest BCUT2D eigenvalue weighted by Crippen LogP contribution is -2.23. The van der Waals surface area contributed by atoms with Crippen LogP contribution in [0.3, 0.4) is 0 Å². The molecule has 0 radical (unpaired) electrons. The predicted octanol–water partition coefficient (Wildman–Crippen LogP) is 1.17. The Bertz CT molecular complexity index is 713. The highest BCUT2D eigenvalue weighted by atomic mass is 16.3. The number of aliphatic hydroxyl groups excluding tert-OH is 1. The standard InChI is InChI=1S/C17H25N7O/c1-23-11-21-22-17(23)12-6-13(14(25)7-12)9-18-15-8-16(20-10-19-15)24-4-2-3-5-24/h8,10-14,25H,2-7,9H2,1H3,(H,18,19,20)/t12-,13+,14+/m0/s1. The second-order valence-electron chi connectivity index (χ2n) is 7.13. The Morgan fingerprint density at radius 2 is 2.08 bits per heavy atom. The minimum absolute atomic E-state index is 0.187. The number of anilines is 2. The molecule has 2 aliphatic rings. The van der Waals surface area contributed by atoms with Gasteiger partial charge < -0.3 is 19.9 Å². The molecule has 134 valence electrons. The number of aliphatic hydroxyl groups is 1. The number of nitrogens with one attached hydrogen (secondary N) is 1. The summed E-state index contributed by atoms with van der Waals surface area (Å²) < 4.78 is 1.94. The van der Waals surface area contributed by atoms with Crippen LogP contribution in [0.1, 0.15) is 37.4 Å². The minimum atomic E-state index is -0.325. The SMILES string of the molecule is Cn1cnnc1[C@H]1C[C@H](CNc2cc(N3CCCC3)ncn2)[C@H](O)C1. The molecule has 1 saturated carbocycles. The van der Waals surface area contributed by atoms with Crippen LogP contribution < -0.4 is 10.2 Å². The second kappa shape index (κ2) is 6.95. The summed E-state index contributed by atoms with van der Waals surface area (Å²) >= 11 is 0. The molecule has 2 fully saturated rings. The number of aryl methyl sites for hydroxylation is 1. The van der Waals surface area contributed by atoms with Crippen LogP contribution in [0.2, 0.25) is 0 Å². The highest BCUT2D eigenvalue weighted by Gasteiger charge is 2.35. The third-order valence-electron chi connectivity index (χ3n) is 5.40. The van der Waals surface area contributed by atoms with Gasteiger partial charge in [-0.3, -0.25) is 0 Å². The van der Waals surface area contributed by atoms with Crippen molar-refractivity contribution < 1.29 is 5.11 Å². The van der Waals surface area contributed by atoms with Gasteiger partial charge in [-0.2, -0.15) is 0 Å². The Morgan fingerprint density at radius 3 is 2.84 bits per heavy atom. The molecule has 0 amide bonds. The van der Waals surface area contributed by atoms with E-state index in [0.29, 0.717) is 6.54 Å². The summed E-state index contributed by atoms with van der Waals surface area (Å²) in [5.74, 6) is 3.22. The topological polar surface area (TPSA) is 92.0 Å². The van der Waals surface area contributed by atoms with Crippen molar-refractivity contribution >= 4 is 11.6 Å². The first kappa shape index (κ1) is 16.3. The van der Waals surface area contributed by atoms with Crippen molar-refractivity contribution in [2.24, 2.45) is 13.0 Å². The van der Waals surface area contributed by atoms with E-state index in [2.05, 4.69) is 30.4 Å². The first-order valence-electron chi connectivity index (χ1n) is 9.03. The smallest absolute Gasteiger partial charge is 0.135 e. The third-order valence-corrected chi connectivity index (χ3v) is 5.40. The summed E-state index contributed by atoms with van der Waals surface area (Å²) in [4.78, 5) is 11.0. The van der Waals surface area contributed by atoms with Crippen LogP contribution in [0, 0.1) is 5.92 Å². The van der Waals surface area contributed by atoms with Crippen LogP contribution in [-0.2, 0) is 7.05 Å². The van der Waals surface area contributed by atoms with Gasteiger partial charge >= 0.3 is 0 Å². The molecule has 0 bridgehead atoms. The number of hydrogen-bond acceptors (Lipinski definition) is 7. The van der Waals surface area contributed by atoms with E-state index in [0.717, 1.165) is 43.4 Å². The second-order valence-corrected chi connectivity index (χ2v) is 7.13. The molecule has 8 heteroatoms. The Balaban J connectivity index is 1.37. The van der Waals surface area contributed by atoms with Crippen LogP contribution in [-0.4, -0.2) is 55.6 Å². The van der Waals surface area contributed by atoms with E-state index in [-0.39, 0.29) is 17.9 Å². The zero-order chi connectivity index (χ0) is 17.2. The molecule has 3 heterocycles. The maximum atomic E-state index is 10.4. The van der Waals surface area contributed by atoms with Crippen molar-refractivity contribution in [1.82, 2.24) is 24.7 Å². The monoisotopic (exact) mass is 343 g/mol. The van der Waals surface area contributed by atoms with Crippen molar-refractivity contribution in [3.63, 3.8) is 0 Å². The van der Waals surface area contributed by atoms with Gasteiger partial charge in [0.2, 0.25) is 0 Å². The number of hydrogen-bond donors (Lipinski definition) is 2. The minimum Gasteiger partial charge on any atom is -0.393 e. The van der Waals surface area contributed by atoms with Crippen molar-refractivity contribution in [2.45, 2.75) is 37.7 Å². The van der Waals surface area contributed by atoms with E-state index in [1.807, 2.05) is 17.7 Å². The molecule has 3 atom stereocenters. The van der Waals surface area contributed by atoms with Crippen molar-refractivity contribution in [2.75, 3.05) is 29.9 Å². The first-order valence-corrected chi connectivity index (χ1v) is 9.03. The van der Waals surface area contributed by atoms with Gasteiger partial charge in [0.25, 0.3) is 0 Å². The zero-order valence-corrected chi connectivity index (χ0v) is 14.5. The van der Waals surface area contributed by atoms with Gasteiger partial charge in [0.15, 0.2) is 0 Å². The number of aromatic nitrogens is 5. The van der Waals surface area contributed by atoms with Gasteiger partial charge in [-0.05, 0) is 25.7 Å². The van der Waals surface area contributed by atoms with Gasteiger partial charge in [-0.15, -0.1) is 10.2 Å². The van der Waals surface area contributed by atoms with Crippen molar-refractivity contribution in [3.8, 4) is 0 Å². The van der Waals surface area contributed by atoms with E-state index >= 15 is 0 Å². The summed E-state index contributed by atoms with van der Waals surface area (Å²) in [6.45, 7) is 2.83. The summed E-state index contributed by atoms with van der Waals surface area (Å²) in [5, 5.41) is 21.9. The van der Waals surface area contributed by atoms with E-state index in [9.17, 15) is 5.11 Å². The lowest BCUT2D eigenvalue weighted by Gasteiger charge is -2.18. The number of rotatable bonds is 5. The quantitative estimate of drug-likeness (QED) is 0.842. The molecule has 1 aliphatic heterocycles. The first-order chi connectivity index (χ1) is 12.2. The normalized spacial score (nSPS) is 26.3. The molecule has 0 unspecified atom stereocenters. The third kappa shape index (κ3) is 3.44. The largest absolute Gasteiger partial charge is 0.393 e. The fraction of sp³-hybridized carbons (Fsp3) is 0.647. The molecule has 8 nitrogen and oxygen atoms in total. The van der Waals surface area contributed by atoms with Gasteiger partial charge in [0.1, 0.15) is 30.1 Å². The fourth-order valence-corrected chi connectivity index (χ4v) is 3.99. The van der Waals surface area contributed by atoms with Crippen LogP contribution in [0.15, 0.2) is 18.7 Å². The van der Waals surface area contributed by atoms with E-state index < -0.39 is 0 Å². The molecule has 0 aromatic carbocycles. The molecular weight excluding hydrogens is 318 g/mol. The maximum Gasteiger partial charge on any atom is 0.135 e. The van der Waals surface area contributed by atoms with E-state index in [4.69, 9.17) is 0 Å².